The van der Waals surface area contributed by atoms with Crippen LogP contribution in [0.3, 0.4) is 0 Å². The van der Waals surface area contributed by atoms with E-state index in [2.05, 4.69) is 15.5 Å². The molecule has 2 N–H and O–H groups in total. The highest BCUT2D eigenvalue weighted by Gasteiger charge is 2.44. The zero-order valence-corrected chi connectivity index (χ0v) is 37.2. The molecule has 2 atom stereocenters. The van der Waals surface area contributed by atoms with Crippen molar-refractivity contribution in [2.45, 2.75) is 102 Å². The third kappa shape index (κ3) is 10.4. The molecule has 16 heteroatoms. The average molecular weight is 888 g/mol. The predicted molar refractivity (Wildman–Crippen MR) is 235 cm³/mol. The first-order valence-electron chi connectivity index (χ1n) is 22.2. The summed E-state index contributed by atoms with van der Waals surface area (Å²) in [5, 5.41) is 5.67. The van der Waals surface area contributed by atoms with Gasteiger partial charge in [-0.2, -0.15) is 0 Å². The van der Waals surface area contributed by atoms with Gasteiger partial charge in [0.2, 0.25) is 11.8 Å². The molecule has 338 valence electrons. The number of likely N-dealkylation sites (tertiary alicyclic amines) is 1. The number of piperidine rings is 2. The summed E-state index contributed by atoms with van der Waals surface area (Å²) in [6, 6.07) is 11.4. The summed E-state index contributed by atoms with van der Waals surface area (Å²) in [6.45, 7) is 5.79. The Morgan fingerprint density at radius 1 is 0.857 bits per heavy atom. The molecular formula is C47H58FN5O9S. The largest absolute Gasteiger partial charge is 0.493 e. The van der Waals surface area contributed by atoms with Crippen molar-refractivity contribution in [3.63, 3.8) is 0 Å². The van der Waals surface area contributed by atoms with Crippen LogP contribution >= 0.6 is 0 Å². The molecule has 4 heterocycles. The molecule has 2 unspecified atom stereocenters. The number of fused-ring (bicyclic) bond motifs is 2. The van der Waals surface area contributed by atoms with Gasteiger partial charge in [0.25, 0.3) is 17.7 Å². The van der Waals surface area contributed by atoms with Gasteiger partial charge >= 0.3 is 0 Å². The van der Waals surface area contributed by atoms with Gasteiger partial charge in [-0.15, -0.1) is 0 Å². The minimum Gasteiger partial charge on any atom is -0.493 e. The molecule has 0 bridgehead atoms. The van der Waals surface area contributed by atoms with Gasteiger partial charge < -0.3 is 24.6 Å². The van der Waals surface area contributed by atoms with Gasteiger partial charge in [-0.05, 0) is 112 Å². The lowest BCUT2D eigenvalue weighted by atomic mass is 9.87. The molecule has 7 rings (SSSR count). The third-order valence-corrected chi connectivity index (χ3v) is 13.6. The van der Waals surface area contributed by atoms with E-state index >= 15 is 4.39 Å². The molecule has 0 saturated carbocycles. The maximum atomic E-state index is 15.4. The smallest absolute Gasteiger partial charge is 0.264 e. The van der Waals surface area contributed by atoms with E-state index in [0.29, 0.717) is 47.0 Å². The predicted octanol–water partition coefficient (Wildman–Crippen LogP) is 6.40. The average Bonchev–Trinajstić information content (AvgIpc) is 3.70. The number of hydrogen-bond acceptors (Lipinski definition) is 11. The van der Waals surface area contributed by atoms with Crippen LogP contribution in [-0.2, 0) is 26.0 Å². The highest BCUT2D eigenvalue weighted by molar-refractivity contribution is 7.90. The van der Waals surface area contributed by atoms with Crippen molar-refractivity contribution in [1.82, 2.24) is 20.0 Å². The van der Waals surface area contributed by atoms with Gasteiger partial charge in [0.1, 0.15) is 21.7 Å². The van der Waals surface area contributed by atoms with Crippen molar-refractivity contribution in [3.05, 3.63) is 87.7 Å². The van der Waals surface area contributed by atoms with Crippen LogP contribution in [-0.4, -0.2) is 111 Å². The molecule has 0 aliphatic carbocycles. The maximum Gasteiger partial charge on any atom is 0.264 e. The fourth-order valence-corrected chi connectivity index (χ4v) is 10.4. The van der Waals surface area contributed by atoms with Gasteiger partial charge in [0.15, 0.2) is 11.5 Å². The lowest BCUT2D eigenvalue weighted by molar-refractivity contribution is -0.136. The van der Waals surface area contributed by atoms with Crippen molar-refractivity contribution in [2.24, 2.45) is 0 Å². The molecule has 5 amide bonds. The summed E-state index contributed by atoms with van der Waals surface area (Å²) >= 11 is 0. The highest BCUT2D eigenvalue weighted by Crippen LogP contribution is 2.39. The van der Waals surface area contributed by atoms with Crippen molar-refractivity contribution in [1.29, 1.82) is 0 Å². The minimum absolute atomic E-state index is 0.0699. The Labute approximate surface area is 368 Å². The fourth-order valence-electron chi connectivity index (χ4n) is 9.47. The second-order valence-corrected chi connectivity index (χ2v) is 19.3. The standard InChI is InChI=1S/C47H58FN5O9S/c1-4-62-41-26-31(15-17-40(41)61-2)39(29-63(3,59)60)53-46(57)33-13-12-14-37(43(33)47(53)58)49-21-10-8-6-5-7-9-11-22-51-23-19-30(20-24-51)34-25-32-28-52(45(56)35(32)27-36(34)48)38-16-18-42(54)50-44(38)55/h12-15,17,25-27,30,38-39,49H,4-11,16,18-24,28-29H2,1-3H3,(H,50,54,55). The zero-order valence-electron chi connectivity index (χ0n) is 36.4. The van der Waals surface area contributed by atoms with Crippen LogP contribution in [0.25, 0.3) is 0 Å². The molecule has 0 aromatic heterocycles. The third-order valence-electron chi connectivity index (χ3n) is 12.7. The van der Waals surface area contributed by atoms with Gasteiger partial charge in [-0.3, -0.25) is 34.2 Å². The highest BCUT2D eigenvalue weighted by atomic mass is 32.2. The number of halogens is 1. The Morgan fingerprint density at radius 2 is 1.59 bits per heavy atom. The molecule has 0 spiro atoms. The Bertz CT molecular complexity index is 2350. The summed E-state index contributed by atoms with van der Waals surface area (Å²) in [7, 11) is -2.12. The molecule has 0 radical (unpaired) electrons. The number of amides is 5. The first-order valence-corrected chi connectivity index (χ1v) is 24.3. The summed E-state index contributed by atoms with van der Waals surface area (Å²) in [5.74, 6) is -2.17. The Morgan fingerprint density at radius 3 is 2.29 bits per heavy atom. The second-order valence-electron chi connectivity index (χ2n) is 17.1. The number of benzene rings is 3. The normalized spacial score (nSPS) is 18.7. The van der Waals surface area contributed by atoms with Crippen LogP contribution in [0.1, 0.15) is 137 Å². The van der Waals surface area contributed by atoms with Crippen LogP contribution < -0.4 is 20.1 Å². The number of rotatable bonds is 20. The van der Waals surface area contributed by atoms with Crippen LogP contribution in [0.5, 0.6) is 11.5 Å². The number of sulfone groups is 1. The number of nitrogens with zero attached hydrogens (tertiary/aromatic N) is 3. The number of nitrogens with one attached hydrogen (secondary N) is 2. The van der Waals surface area contributed by atoms with Crippen LogP contribution in [0.4, 0.5) is 10.1 Å². The maximum absolute atomic E-state index is 15.4. The summed E-state index contributed by atoms with van der Waals surface area (Å²) < 4.78 is 51.7. The molecule has 2 fully saturated rings. The fraction of sp³-hybridized carbons (Fsp3) is 0.511. The van der Waals surface area contributed by atoms with E-state index in [1.54, 1.807) is 36.4 Å². The van der Waals surface area contributed by atoms with E-state index in [4.69, 9.17) is 9.47 Å². The minimum atomic E-state index is -3.62. The lowest BCUT2D eigenvalue weighted by Crippen LogP contribution is -2.52. The summed E-state index contributed by atoms with van der Waals surface area (Å²) in [4.78, 5) is 69.8. The van der Waals surface area contributed by atoms with Crippen LogP contribution in [0.2, 0.25) is 0 Å². The number of hydrogen-bond donors (Lipinski definition) is 2. The van der Waals surface area contributed by atoms with Gasteiger partial charge in [-0.1, -0.05) is 50.3 Å². The van der Waals surface area contributed by atoms with Crippen LogP contribution in [0.15, 0.2) is 48.5 Å². The molecule has 14 nitrogen and oxygen atoms in total. The number of carbonyl (C=O) groups is 5. The first-order chi connectivity index (χ1) is 30.3. The molecule has 3 aromatic rings. The summed E-state index contributed by atoms with van der Waals surface area (Å²) in [5.41, 5.74) is 3.16. The van der Waals surface area contributed by atoms with Crippen molar-refractivity contribution in [3.8, 4) is 11.5 Å². The molecule has 2 saturated heterocycles. The molecule has 3 aromatic carbocycles. The van der Waals surface area contributed by atoms with Gasteiger partial charge in [0, 0.05) is 37.0 Å². The number of carbonyl (C=O) groups excluding carboxylic acids is 5. The number of methoxy groups -OCH3 is 1. The van der Waals surface area contributed by atoms with E-state index in [1.807, 2.05) is 13.0 Å². The van der Waals surface area contributed by atoms with E-state index in [-0.39, 0.29) is 54.1 Å². The Kier molecular flexibility index (Phi) is 14.5. The molecule has 63 heavy (non-hydrogen) atoms. The SMILES string of the molecule is CCOc1cc(C(CS(C)(=O)=O)N2C(=O)c3cccc(NCCCCCCCCCN4CCC(c5cc6c(cc5F)C(=O)N(C5CCC(=O)NC5=O)C6)CC4)c3C2=O)ccc1OC. The first kappa shape index (κ1) is 45.7. The van der Waals surface area contributed by atoms with Crippen LogP contribution in [0, 0.1) is 5.82 Å². The van der Waals surface area contributed by atoms with E-state index in [0.717, 1.165) is 94.1 Å². The molecule has 4 aliphatic rings. The lowest BCUT2D eigenvalue weighted by Gasteiger charge is -2.32. The van der Waals surface area contributed by atoms with E-state index < -0.39 is 45.4 Å². The van der Waals surface area contributed by atoms with E-state index in [1.165, 1.54) is 18.1 Å². The zero-order chi connectivity index (χ0) is 44.8. The number of imide groups is 2. The molecular weight excluding hydrogens is 830 g/mol. The quantitative estimate of drug-likeness (QED) is 0.0951. The monoisotopic (exact) mass is 887 g/mol. The van der Waals surface area contributed by atoms with Crippen molar-refractivity contribution >= 4 is 45.1 Å². The van der Waals surface area contributed by atoms with Gasteiger partial charge in [-0.25, -0.2) is 12.8 Å². The summed E-state index contributed by atoms with van der Waals surface area (Å²) in [6.07, 6.45) is 10.6. The van der Waals surface area contributed by atoms with Crippen molar-refractivity contribution < 1.29 is 46.3 Å². The van der Waals surface area contributed by atoms with Crippen molar-refractivity contribution in [2.75, 3.05) is 57.2 Å². The number of anilines is 1. The van der Waals surface area contributed by atoms with Gasteiger partial charge in [0.05, 0.1) is 36.6 Å². The Balaban J connectivity index is 0.813. The molecule has 4 aliphatic heterocycles. The second kappa shape index (κ2) is 20.0. The topological polar surface area (TPSA) is 172 Å². The Hall–Kier alpha value is -5.35. The van der Waals surface area contributed by atoms with E-state index in [9.17, 15) is 32.4 Å². The number of ether oxygens (including phenoxy) is 2. The number of unbranched alkanes of at least 4 members (excludes halogenated alkanes) is 6.